The van der Waals surface area contributed by atoms with E-state index in [0.717, 1.165) is 5.56 Å². The summed E-state index contributed by atoms with van der Waals surface area (Å²) in [5.74, 6) is -0.974. The number of hydrogen-bond donors (Lipinski definition) is 1. The molecule has 0 amide bonds. The van der Waals surface area contributed by atoms with Crippen LogP contribution in [0.25, 0.3) is 6.08 Å². The first-order chi connectivity index (χ1) is 10.7. The fraction of sp³-hybridized carbons (Fsp3) is 0.118. The van der Waals surface area contributed by atoms with Crippen molar-refractivity contribution in [3.05, 3.63) is 71.8 Å². The lowest BCUT2D eigenvalue weighted by molar-refractivity contribution is -0.317. The average Bonchev–Trinajstić information content (AvgIpc) is 2.56. The van der Waals surface area contributed by atoms with Crippen molar-refractivity contribution in [1.82, 2.24) is 0 Å². The molecule has 0 aromatic heterocycles. The molecule has 0 fully saturated rings. The smallest absolute Gasteiger partial charge is 0.376 e. The van der Waals surface area contributed by atoms with E-state index >= 15 is 0 Å². The van der Waals surface area contributed by atoms with Crippen LogP contribution >= 0.6 is 0 Å². The first-order valence-corrected chi connectivity index (χ1v) is 6.62. The zero-order valence-corrected chi connectivity index (χ0v) is 12.0. The molecule has 22 heavy (non-hydrogen) atoms. The molecular formula is C17H16O5. The molecule has 0 radical (unpaired) electrons. The molecular weight excluding hydrogens is 284 g/mol. The summed E-state index contributed by atoms with van der Waals surface area (Å²) in [6.45, 7) is 0. The van der Waals surface area contributed by atoms with Crippen LogP contribution in [0, 0.1) is 0 Å². The molecule has 0 aliphatic heterocycles. The van der Waals surface area contributed by atoms with Gasteiger partial charge in [-0.3, -0.25) is 4.89 Å². The zero-order chi connectivity index (χ0) is 15.8. The van der Waals surface area contributed by atoms with Crippen molar-refractivity contribution >= 4 is 12.0 Å². The summed E-state index contributed by atoms with van der Waals surface area (Å²) in [6.07, 6.45) is 2.53. The molecule has 1 atom stereocenters. The number of phenols is 1. The van der Waals surface area contributed by atoms with E-state index in [2.05, 4.69) is 4.89 Å². The predicted octanol–water partition coefficient (Wildman–Crippen LogP) is 3.17. The maximum Gasteiger partial charge on any atom is 0.376 e. The van der Waals surface area contributed by atoms with Crippen LogP contribution in [0.15, 0.2) is 60.7 Å². The zero-order valence-electron chi connectivity index (χ0n) is 12.0. The number of para-hydroxylation sites is 1. The molecule has 114 valence electrons. The normalized spacial score (nSPS) is 12.2. The third kappa shape index (κ3) is 4.44. The predicted molar refractivity (Wildman–Crippen MR) is 80.9 cm³/mol. The molecule has 2 rings (SSSR count). The van der Waals surface area contributed by atoms with Crippen molar-refractivity contribution in [2.24, 2.45) is 0 Å². The molecule has 0 aliphatic carbocycles. The molecule has 0 heterocycles. The lowest BCUT2D eigenvalue weighted by atomic mass is 10.2. The van der Waals surface area contributed by atoms with Crippen molar-refractivity contribution in [1.29, 1.82) is 0 Å². The second-order valence-corrected chi connectivity index (χ2v) is 4.36. The van der Waals surface area contributed by atoms with E-state index in [1.54, 1.807) is 24.3 Å². The Morgan fingerprint density at radius 3 is 2.45 bits per heavy atom. The highest BCUT2D eigenvalue weighted by molar-refractivity contribution is 5.91. The van der Waals surface area contributed by atoms with Crippen LogP contribution in [-0.4, -0.2) is 24.5 Å². The maximum absolute atomic E-state index is 11.8. The Morgan fingerprint density at radius 1 is 1.09 bits per heavy atom. The minimum Gasteiger partial charge on any atom is -0.507 e. The van der Waals surface area contributed by atoms with Gasteiger partial charge in [-0.2, -0.15) is 0 Å². The largest absolute Gasteiger partial charge is 0.507 e. The first-order valence-electron chi connectivity index (χ1n) is 6.62. The van der Waals surface area contributed by atoms with Crippen LogP contribution < -0.4 is 0 Å². The summed E-state index contributed by atoms with van der Waals surface area (Å²) in [6, 6.07) is 15.6. The second kappa shape index (κ2) is 7.97. The van der Waals surface area contributed by atoms with Gasteiger partial charge >= 0.3 is 5.97 Å². The molecule has 0 saturated heterocycles. The monoisotopic (exact) mass is 300 g/mol. The van der Waals surface area contributed by atoms with Gasteiger partial charge in [0.1, 0.15) is 11.3 Å². The standard InChI is InChI=1S/C17H16O5/c1-20-16(12-11-13-7-3-2-4-8-13)21-22-17(19)14-9-5-6-10-15(14)18/h2-12,16,18H,1H3. The van der Waals surface area contributed by atoms with Gasteiger partial charge in [0.2, 0.25) is 6.29 Å². The highest BCUT2D eigenvalue weighted by Crippen LogP contribution is 2.17. The Balaban J connectivity index is 1.92. The lowest BCUT2D eigenvalue weighted by Crippen LogP contribution is -2.16. The van der Waals surface area contributed by atoms with Gasteiger partial charge in [0.05, 0.1) is 0 Å². The Labute approximate surface area is 128 Å². The van der Waals surface area contributed by atoms with Gasteiger partial charge in [0, 0.05) is 7.11 Å². The van der Waals surface area contributed by atoms with Crippen LogP contribution in [-0.2, 0) is 14.5 Å². The summed E-state index contributed by atoms with van der Waals surface area (Å²) < 4.78 is 5.04. The summed E-state index contributed by atoms with van der Waals surface area (Å²) in [4.78, 5) is 21.4. The number of phenolic OH excluding ortho intramolecular Hbond substituents is 1. The van der Waals surface area contributed by atoms with Crippen molar-refractivity contribution < 1.29 is 24.4 Å². The van der Waals surface area contributed by atoms with Crippen LogP contribution in [0.3, 0.4) is 0 Å². The topological polar surface area (TPSA) is 65.0 Å². The van der Waals surface area contributed by atoms with Gasteiger partial charge in [-0.1, -0.05) is 48.5 Å². The summed E-state index contributed by atoms with van der Waals surface area (Å²) in [5.41, 5.74) is 0.976. The highest BCUT2D eigenvalue weighted by Gasteiger charge is 2.15. The number of ether oxygens (including phenoxy) is 1. The summed E-state index contributed by atoms with van der Waals surface area (Å²) in [5, 5.41) is 9.55. The van der Waals surface area contributed by atoms with Crippen molar-refractivity contribution in [3.8, 4) is 5.75 Å². The average molecular weight is 300 g/mol. The molecule has 0 spiro atoms. The minimum atomic E-state index is -0.852. The van der Waals surface area contributed by atoms with Gasteiger partial charge in [-0.25, -0.2) is 4.79 Å². The SMILES string of the molecule is COC(C=Cc1ccccc1)OOC(=O)c1ccccc1O. The second-order valence-electron chi connectivity index (χ2n) is 4.36. The molecule has 5 heteroatoms. The van der Waals surface area contributed by atoms with E-state index in [-0.39, 0.29) is 11.3 Å². The Bertz CT molecular complexity index is 637. The summed E-state index contributed by atoms with van der Waals surface area (Å²) >= 11 is 0. The summed E-state index contributed by atoms with van der Waals surface area (Å²) in [7, 11) is 1.42. The minimum absolute atomic E-state index is 0.0180. The number of methoxy groups -OCH3 is 1. The van der Waals surface area contributed by atoms with E-state index in [1.165, 1.54) is 19.2 Å². The number of rotatable bonds is 6. The van der Waals surface area contributed by atoms with Crippen molar-refractivity contribution in [3.63, 3.8) is 0 Å². The van der Waals surface area contributed by atoms with E-state index in [1.807, 2.05) is 30.3 Å². The quantitative estimate of drug-likeness (QED) is 0.504. The van der Waals surface area contributed by atoms with E-state index in [9.17, 15) is 9.90 Å². The number of carbonyl (C=O) groups is 1. The Hall–Kier alpha value is -2.63. The fourth-order valence-corrected chi connectivity index (χ4v) is 1.69. The van der Waals surface area contributed by atoms with Crippen LogP contribution in [0.5, 0.6) is 5.75 Å². The van der Waals surface area contributed by atoms with E-state index < -0.39 is 12.3 Å². The molecule has 1 N–H and O–H groups in total. The van der Waals surface area contributed by atoms with Gasteiger partial charge in [-0.15, -0.1) is 4.89 Å². The number of benzene rings is 2. The van der Waals surface area contributed by atoms with Gasteiger partial charge in [0.25, 0.3) is 0 Å². The van der Waals surface area contributed by atoms with Gasteiger partial charge in [0.15, 0.2) is 0 Å². The van der Waals surface area contributed by atoms with Gasteiger partial charge in [-0.05, 0) is 23.8 Å². The number of hydrogen-bond acceptors (Lipinski definition) is 5. The molecule has 2 aromatic carbocycles. The molecule has 2 aromatic rings. The van der Waals surface area contributed by atoms with Gasteiger partial charge < -0.3 is 9.84 Å². The molecule has 0 saturated carbocycles. The number of carbonyl (C=O) groups excluding carboxylic acids is 1. The first kappa shape index (κ1) is 15.8. The van der Waals surface area contributed by atoms with E-state index in [0.29, 0.717) is 0 Å². The van der Waals surface area contributed by atoms with Crippen LogP contribution in [0.1, 0.15) is 15.9 Å². The number of aromatic hydroxyl groups is 1. The van der Waals surface area contributed by atoms with Crippen molar-refractivity contribution in [2.75, 3.05) is 7.11 Å². The maximum atomic E-state index is 11.8. The van der Waals surface area contributed by atoms with Crippen molar-refractivity contribution in [2.45, 2.75) is 6.29 Å². The van der Waals surface area contributed by atoms with Crippen LogP contribution in [0.2, 0.25) is 0 Å². The molecule has 0 aliphatic rings. The molecule has 5 nitrogen and oxygen atoms in total. The molecule has 0 bridgehead atoms. The lowest BCUT2D eigenvalue weighted by Gasteiger charge is -2.10. The Morgan fingerprint density at radius 2 is 1.77 bits per heavy atom. The molecule has 1 unspecified atom stereocenters. The van der Waals surface area contributed by atoms with E-state index in [4.69, 9.17) is 9.62 Å². The highest BCUT2D eigenvalue weighted by atomic mass is 17.2. The van der Waals surface area contributed by atoms with Crippen LogP contribution in [0.4, 0.5) is 0 Å². The Kier molecular flexibility index (Phi) is 5.71. The third-order valence-corrected chi connectivity index (χ3v) is 2.82. The third-order valence-electron chi connectivity index (χ3n) is 2.82. The fourth-order valence-electron chi connectivity index (χ4n) is 1.69.